The second-order valence-corrected chi connectivity index (χ2v) is 3.86. The first-order valence-corrected chi connectivity index (χ1v) is 5.26. The molecule has 4 nitrogen and oxygen atoms in total. The van der Waals surface area contributed by atoms with Crippen LogP contribution in [0, 0.1) is 10.1 Å². The van der Waals surface area contributed by atoms with E-state index in [2.05, 4.69) is 15.9 Å². The van der Waals surface area contributed by atoms with E-state index in [1.165, 1.54) is 6.08 Å². The lowest BCUT2D eigenvalue weighted by Crippen LogP contribution is -2.14. The zero-order valence-corrected chi connectivity index (χ0v) is 9.95. The lowest BCUT2D eigenvalue weighted by Gasteiger charge is -1.99. The van der Waals surface area contributed by atoms with Crippen LogP contribution in [0.15, 0.2) is 22.3 Å². The molecule has 5 heteroatoms. The molecule has 0 aliphatic heterocycles. The van der Waals surface area contributed by atoms with Gasteiger partial charge in [-0.15, -0.1) is 0 Å². The van der Waals surface area contributed by atoms with Crippen molar-refractivity contribution in [2.75, 3.05) is 0 Å². The van der Waals surface area contributed by atoms with E-state index in [4.69, 9.17) is 5.73 Å². The Labute approximate surface area is 92.1 Å². The number of nitro groups is 1. The number of hydrogen-bond acceptors (Lipinski definition) is 3. The summed E-state index contributed by atoms with van der Waals surface area (Å²) >= 11 is 3.17. The lowest BCUT2D eigenvalue weighted by molar-refractivity contribution is -0.419. The van der Waals surface area contributed by atoms with E-state index in [0.29, 0.717) is 4.48 Å². The first-order chi connectivity index (χ1) is 6.49. The quantitative estimate of drug-likeness (QED) is 0.471. The van der Waals surface area contributed by atoms with Gasteiger partial charge in [-0.05, 0) is 29.3 Å². The predicted molar refractivity (Wildman–Crippen MR) is 60.6 cm³/mol. The number of halogens is 1. The number of allylic oxidation sites excluding steroid dienone is 2. The summed E-state index contributed by atoms with van der Waals surface area (Å²) in [5.41, 5.74) is 5.50. The molecule has 0 aliphatic carbocycles. The average Bonchev–Trinajstić information content (AvgIpc) is 2.09. The van der Waals surface area contributed by atoms with Gasteiger partial charge in [0.1, 0.15) is 0 Å². The molecule has 1 unspecified atom stereocenters. The molecule has 0 aromatic carbocycles. The van der Waals surface area contributed by atoms with E-state index in [9.17, 15) is 10.1 Å². The summed E-state index contributed by atoms with van der Waals surface area (Å²) in [6, 6.07) is -0.321. The van der Waals surface area contributed by atoms with E-state index in [-0.39, 0.29) is 11.7 Å². The number of unbranched alkanes of at least 4 members (excludes halogenated alkanes) is 1. The third-order valence-corrected chi connectivity index (χ3v) is 2.20. The van der Waals surface area contributed by atoms with E-state index >= 15 is 0 Å². The Morgan fingerprint density at radius 2 is 2.29 bits per heavy atom. The van der Waals surface area contributed by atoms with Gasteiger partial charge < -0.3 is 5.73 Å². The maximum atomic E-state index is 10.7. The summed E-state index contributed by atoms with van der Waals surface area (Å²) in [5.74, 6) is 0. The highest BCUT2D eigenvalue weighted by Crippen LogP contribution is 2.19. The van der Waals surface area contributed by atoms with E-state index < -0.39 is 4.92 Å². The smallest absolute Gasteiger partial charge is 0.280 e. The van der Waals surface area contributed by atoms with Crippen molar-refractivity contribution >= 4 is 15.9 Å². The van der Waals surface area contributed by atoms with Crippen LogP contribution in [0.4, 0.5) is 0 Å². The molecule has 0 saturated heterocycles. The third kappa shape index (κ3) is 5.14. The molecule has 0 amide bonds. The Bertz CT molecular complexity index is 260. The van der Waals surface area contributed by atoms with Gasteiger partial charge in [0.2, 0.25) is 0 Å². The molecular weight excluding hydrogens is 248 g/mol. The van der Waals surface area contributed by atoms with Crippen molar-refractivity contribution in [1.82, 2.24) is 0 Å². The SMILES string of the molecule is CCC/C=C(Br)\C(=C/C(C)N)[N+](=O)[O-]. The van der Waals surface area contributed by atoms with E-state index in [0.717, 1.165) is 12.8 Å². The fourth-order valence-electron chi connectivity index (χ4n) is 0.852. The molecule has 0 radical (unpaired) electrons. The molecule has 2 N–H and O–H groups in total. The van der Waals surface area contributed by atoms with Gasteiger partial charge in [0, 0.05) is 12.1 Å². The zero-order chi connectivity index (χ0) is 11.1. The van der Waals surface area contributed by atoms with Crippen LogP contribution in [0.25, 0.3) is 0 Å². The first kappa shape index (κ1) is 13.3. The number of hydrogen-bond donors (Lipinski definition) is 1. The molecule has 0 aliphatic rings. The highest BCUT2D eigenvalue weighted by Gasteiger charge is 2.14. The summed E-state index contributed by atoms with van der Waals surface area (Å²) in [7, 11) is 0. The topological polar surface area (TPSA) is 69.2 Å². The minimum Gasteiger partial charge on any atom is -0.324 e. The van der Waals surface area contributed by atoms with Gasteiger partial charge in [-0.3, -0.25) is 10.1 Å². The van der Waals surface area contributed by atoms with Crippen LogP contribution in [0.1, 0.15) is 26.7 Å². The van der Waals surface area contributed by atoms with Crippen LogP contribution >= 0.6 is 15.9 Å². The maximum Gasteiger partial charge on any atom is 0.280 e. The summed E-state index contributed by atoms with van der Waals surface area (Å²) in [6.45, 7) is 3.71. The van der Waals surface area contributed by atoms with Crippen molar-refractivity contribution in [3.63, 3.8) is 0 Å². The van der Waals surface area contributed by atoms with E-state index in [1.54, 1.807) is 13.0 Å². The fraction of sp³-hybridized carbons (Fsp3) is 0.556. The van der Waals surface area contributed by atoms with Gasteiger partial charge in [0.05, 0.1) is 9.41 Å². The van der Waals surface area contributed by atoms with Crippen molar-refractivity contribution in [3.8, 4) is 0 Å². The van der Waals surface area contributed by atoms with Crippen LogP contribution < -0.4 is 5.73 Å². The lowest BCUT2D eigenvalue weighted by atomic mass is 10.2. The second-order valence-electron chi connectivity index (χ2n) is 3.01. The normalized spacial score (nSPS) is 15.4. The van der Waals surface area contributed by atoms with Crippen molar-refractivity contribution in [2.24, 2.45) is 5.73 Å². The van der Waals surface area contributed by atoms with Crippen molar-refractivity contribution in [3.05, 3.63) is 32.4 Å². The van der Waals surface area contributed by atoms with Crippen molar-refractivity contribution in [1.29, 1.82) is 0 Å². The molecule has 14 heavy (non-hydrogen) atoms. The Kier molecular flexibility index (Phi) is 6.40. The van der Waals surface area contributed by atoms with Crippen LogP contribution in [0.5, 0.6) is 0 Å². The molecule has 0 spiro atoms. The van der Waals surface area contributed by atoms with Gasteiger partial charge in [-0.2, -0.15) is 0 Å². The average molecular weight is 263 g/mol. The summed E-state index contributed by atoms with van der Waals surface area (Å²) in [5, 5.41) is 10.7. The summed E-state index contributed by atoms with van der Waals surface area (Å²) in [4.78, 5) is 10.2. The summed E-state index contributed by atoms with van der Waals surface area (Å²) < 4.78 is 0.502. The summed E-state index contributed by atoms with van der Waals surface area (Å²) in [6.07, 6.45) is 4.98. The van der Waals surface area contributed by atoms with Crippen LogP contribution in [0.3, 0.4) is 0 Å². The zero-order valence-electron chi connectivity index (χ0n) is 8.37. The van der Waals surface area contributed by atoms with Gasteiger partial charge in [0.15, 0.2) is 0 Å². The molecule has 0 heterocycles. The minimum absolute atomic E-state index is 0.0356. The third-order valence-electron chi connectivity index (χ3n) is 1.47. The Hall–Kier alpha value is -0.680. The Balaban J connectivity index is 4.75. The predicted octanol–water partition coefficient (Wildman–Crippen LogP) is 2.57. The number of rotatable bonds is 5. The number of nitrogens with zero attached hydrogens (tertiary/aromatic N) is 1. The molecule has 0 aromatic heterocycles. The largest absolute Gasteiger partial charge is 0.324 e. The molecule has 0 rings (SSSR count). The first-order valence-electron chi connectivity index (χ1n) is 4.46. The molecular formula is C9H15BrN2O2. The molecule has 0 bridgehead atoms. The van der Waals surface area contributed by atoms with Crippen molar-refractivity contribution < 1.29 is 4.92 Å². The number of nitrogens with two attached hydrogens (primary N) is 1. The standard InChI is InChI=1S/C9H15BrN2O2/c1-3-4-5-8(10)9(12(13)14)6-7(2)11/h5-7H,3-4,11H2,1-2H3/b8-5+,9-6+. The van der Waals surface area contributed by atoms with Crippen molar-refractivity contribution in [2.45, 2.75) is 32.7 Å². The van der Waals surface area contributed by atoms with Gasteiger partial charge >= 0.3 is 0 Å². The van der Waals surface area contributed by atoms with Crippen LogP contribution in [0.2, 0.25) is 0 Å². The van der Waals surface area contributed by atoms with Gasteiger partial charge in [-0.25, -0.2) is 0 Å². The maximum absolute atomic E-state index is 10.7. The fourth-order valence-corrected chi connectivity index (χ4v) is 1.36. The van der Waals surface area contributed by atoms with Crippen LogP contribution in [-0.4, -0.2) is 11.0 Å². The van der Waals surface area contributed by atoms with Crippen LogP contribution in [-0.2, 0) is 0 Å². The molecule has 80 valence electrons. The monoisotopic (exact) mass is 262 g/mol. The molecule has 0 saturated carbocycles. The molecule has 1 atom stereocenters. The molecule has 0 aromatic rings. The highest BCUT2D eigenvalue weighted by molar-refractivity contribution is 9.11. The molecule has 0 fully saturated rings. The highest BCUT2D eigenvalue weighted by atomic mass is 79.9. The minimum atomic E-state index is -0.431. The van der Waals surface area contributed by atoms with E-state index in [1.807, 2.05) is 6.92 Å². The van der Waals surface area contributed by atoms with Gasteiger partial charge in [-0.1, -0.05) is 19.4 Å². The second kappa shape index (κ2) is 6.73. The Morgan fingerprint density at radius 1 is 1.71 bits per heavy atom. The van der Waals surface area contributed by atoms with Gasteiger partial charge in [0.25, 0.3) is 5.70 Å². The Morgan fingerprint density at radius 3 is 2.64 bits per heavy atom.